The minimum atomic E-state index is -0.947. The molecule has 0 radical (unpaired) electrons. The fraction of sp³-hybridized carbons (Fsp3) is 0.286. The van der Waals surface area contributed by atoms with Crippen molar-refractivity contribution in [2.75, 3.05) is 0 Å². The van der Waals surface area contributed by atoms with E-state index in [4.69, 9.17) is 16.7 Å². The summed E-state index contributed by atoms with van der Waals surface area (Å²) in [6, 6.07) is 5.29. The molecule has 0 aliphatic carbocycles. The van der Waals surface area contributed by atoms with Crippen molar-refractivity contribution in [1.29, 1.82) is 0 Å². The van der Waals surface area contributed by atoms with Gasteiger partial charge in [-0.2, -0.15) is 5.10 Å². The van der Waals surface area contributed by atoms with Crippen LogP contribution in [0.1, 0.15) is 28.7 Å². The molecule has 0 aliphatic rings. The lowest BCUT2D eigenvalue weighted by Crippen LogP contribution is -2.02. The first-order valence-electron chi connectivity index (χ1n) is 6.31. The van der Waals surface area contributed by atoms with Crippen LogP contribution in [-0.2, 0) is 12.3 Å². The molecule has 21 heavy (non-hydrogen) atoms. The van der Waals surface area contributed by atoms with Crippen molar-refractivity contribution in [1.82, 2.24) is 9.78 Å². The van der Waals surface area contributed by atoms with E-state index < -0.39 is 5.97 Å². The van der Waals surface area contributed by atoms with Gasteiger partial charge in [-0.25, -0.2) is 4.79 Å². The van der Waals surface area contributed by atoms with Crippen LogP contribution in [-0.4, -0.2) is 20.9 Å². The lowest BCUT2D eigenvalue weighted by Gasteiger charge is -2.07. The van der Waals surface area contributed by atoms with Crippen LogP contribution in [0.25, 0.3) is 0 Å². The molecule has 1 heterocycles. The van der Waals surface area contributed by atoms with E-state index in [1.165, 1.54) is 0 Å². The molecule has 0 fully saturated rings. The fourth-order valence-corrected chi connectivity index (χ4v) is 3.58. The average Bonchev–Trinajstić information content (AvgIpc) is 2.73. The van der Waals surface area contributed by atoms with Gasteiger partial charge in [0.1, 0.15) is 0 Å². The molecule has 0 saturated heterocycles. The Labute approximate surface area is 140 Å². The predicted molar refractivity (Wildman–Crippen MR) is 88.3 cm³/mol. The Hall–Kier alpha value is -0.980. The number of aromatic nitrogens is 2. The van der Waals surface area contributed by atoms with Crippen LogP contribution in [0.3, 0.4) is 0 Å². The van der Waals surface area contributed by atoms with E-state index >= 15 is 0 Å². The minimum absolute atomic E-state index is 0.256. The Kier molecular flexibility index (Phi) is 5.35. The van der Waals surface area contributed by atoms with E-state index in [-0.39, 0.29) is 5.56 Å². The maximum Gasteiger partial charge on any atom is 0.336 e. The summed E-state index contributed by atoms with van der Waals surface area (Å²) in [5.41, 5.74) is 2.03. The molecule has 0 spiro atoms. The predicted octanol–water partition coefficient (Wildman–Crippen LogP) is 4.62. The van der Waals surface area contributed by atoms with Gasteiger partial charge in [-0.1, -0.05) is 11.6 Å². The SMILES string of the molecule is CCn1nc(C)c(Cl)c1CSc1ccc(Br)c(C(=O)O)c1. The number of thioether (sulfide) groups is 1. The molecule has 1 aromatic heterocycles. The number of carboxylic acid groups (broad SMARTS) is 1. The Morgan fingerprint density at radius 2 is 2.24 bits per heavy atom. The molecule has 1 aromatic carbocycles. The van der Waals surface area contributed by atoms with Gasteiger partial charge in [-0.15, -0.1) is 11.8 Å². The largest absolute Gasteiger partial charge is 0.478 e. The molecule has 4 nitrogen and oxygen atoms in total. The highest BCUT2D eigenvalue weighted by Gasteiger charge is 2.14. The molecule has 0 bridgehead atoms. The Balaban J connectivity index is 2.21. The Morgan fingerprint density at radius 3 is 2.86 bits per heavy atom. The molecule has 0 aliphatic heterocycles. The van der Waals surface area contributed by atoms with Gasteiger partial charge in [0.15, 0.2) is 0 Å². The number of benzene rings is 1. The normalized spacial score (nSPS) is 10.9. The molecule has 7 heteroatoms. The molecule has 0 amide bonds. The van der Waals surface area contributed by atoms with Crippen molar-refractivity contribution >= 4 is 45.3 Å². The Morgan fingerprint density at radius 1 is 1.52 bits per heavy atom. The van der Waals surface area contributed by atoms with Crippen LogP contribution in [0.15, 0.2) is 27.6 Å². The van der Waals surface area contributed by atoms with Gasteiger partial charge in [0, 0.05) is 21.7 Å². The number of aromatic carboxylic acids is 1. The average molecular weight is 390 g/mol. The second-order valence-corrected chi connectivity index (χ2v) is 6.68. The van der Waals surface area contributed by atoms with Gasteiger partial charge >= 0.3 is 5.97 Å². The smallest absolute Gasteiger partial charge is 0.336 e. The van der Waals surface area contributed by atoms with E-state index in [2.05, 4.69) is 21.0 Å². The third kappa shape index (κ3) is 3.62. The number of rotatable bonds is 5. The summed E-state index contributed by atoms with van der Waals surface area (Å²) in [6.45, 7) is 4.65. The third-order valence-electron chi connectivity index (χ3n) is 3.00. The highest BCUT2D eigenvalue weighted by Crippen LogP contribution is 2.30. The standard InChI is InChI=1S/C14H14BrClN2O2S/c1-3-18-12(13(16)8(2)17-18)7-21-9-4-5-11(15)10(6-9)14(19)20/h4-6H,3,7H2,1-2H3,(H,19,20). The first-order valence-corrected chi connectivity index (χ1v) is 8.47. The quantitative estimate of drug-likeness (QED) is 0.758. The van der Waals surface area contributed by atoms with Gasteiger partial charge in [0.2, 0.25) is 0 Å². The van der Waals surface area contributed by atoms with E-state index in [9.17, 15) is 4.79 Å². The molecule has 0 atom stereocenters. The van der Waals surface area contributed by atoms with Gasteiger partial charge < -0.3 is 5.11 Å². The maximum atomic E-state index is 11.1. The summed E-state index contributed by atoms with van der Waals surface area (Å²) in [5.74, 6) is -0.300. The van der Waals surface area contributed by atoms with Crippen molar-refractivity contribution in [3.63, 3.8) is 0 Å². The zero-order valence-electron chi connectivity index (χ0n) is 11.6. The van der Waals surface area contributed by atoms with Crippen molar-refractivity contribution < 1.29 is 9.90 Å². The van der Waals surface area contributed by atoms with Crippen LogP contribution in [0, 0.1) is 6.92 Å². The Bertz CT molecular complexity index is 688. The summed E-state index contributed by atoms with van der Waals surface area (Å²) in [7, 11) is 0. The van der Waals surface area contributed by atoms with Crippen molar-refractivity contribution in [3.05, 3.63) is 44.6 Å². The van der Waals surface area contributed by atoms with E-state index in [0.29, 0.717) is 15.2 Å². The maximum absolute atomic E-state index is 11.1. The van der Waals surface area contributed by atoms with Crippen LogP contribution < -0.4 is 0 Å². The van der Waals surface area contributed by atoms with Gasteiger partial charge in [-0.05, 0) is 48.0 Å². The van der Waals surface area contributed by atoms with Crippen molar-refractivity contribution in [2.45, 2.75) is 31.0 Å². The molecule has 1 N–H and O–H groups in total. The first kappa shape index (κ1) is 16.4. The summed E-state index contributed by atoms with van der Waals surface area (Å²) in [4.78, 5) is 12.0. The number of nitrogens with zero attached hydrogens (tertiary/aromatic N) is 2. The fourth-order valence-electron chi connectivity index (χ4n) is 1.92. The second kappa shape index (κ2) is 6.85. The van der Waals surface area contributed by atoms with Gasteiger partial charge in [-0.3, -0.25) is 4.68 Å². The first-order chi connectivity index (χ1) is 9.93. The minimum Gasteiger partial charge on any atom is -0.478 e. The van der Waals surface area contributed by atoms with Gasteiger partial charge in [0.25, 0.3) is 0 Å². The highest BCUT2D eigenvalue weighted by molar-refractivity contribution is 9.10. The number of hydrogen-bond donors (Lipinski definition) is 1. The topological polar surface area (TPSA) is 55.1 Å². The van der Waals surface area contributed by atoms with E-state index in [1.807, 2.05) is 24.6 Å². The summed E-state index contributed by atoms with van der Waals surface area (Å²) >= 11 is 11.0. The van der Waals surface area contributed by atoms with Crippen molar-refractivity contribution in [3.8, 4) is 0 Å². The number of aryl methyl sites for hydroxylation is 2. The zero-order valence-corrected chi connectivity index (χ0v) is 14.7. The van der Waals surface area contributed by atoms with Crippen LogP contribution in [0.4, 0.5) is 0 Å². The van der Waals surface area contributed by atoms with Crippen molar-refractivity contribution in [2.24, 2.45) is 0 Å². The molecular weight excluding hydrogens is 376 g/mol. The monoisotopic (exact) mass is 388 g/mol. The van der Waals surface area contributed by atoms with Crippen LogP contribution in [0.2, 0.25) is 5.02 Å². The molecule has 0 saturated carbocycles. The zero-order chi connectivity index (χ0) is 15.6. The number of carbonyl (C=O) groups is 1. The summed E-state index contributed by atoms with van der Waals surface area (Å²) in [6.07, 6.45) is 0. The van der Waals surface area contributed by atoms with Gasteiger partial charge in [0.05, 0.1) is 22.0 Å². The number of hydrogen-bond acceptors (Lipinski definition) is 3. The summed E-state index contributed by atoms with van der Waals surface area (Å²) < 4.78 is 2.45. The van der Waals surface area contributed by atoms with E-state index in [0.717, 1.165) is 22.8 Å². The number of halogens is 2. The van der Waals surface area contributed by atoms with Crippen LogP contribution in [0.5, 0.6) is 0 Å². The lowest BCUT2D eigenvalue weighted by atomic mass is 10.2. The molecule has 112 valence electrons. The number of carboxylic acids is 1. The summed E-state index contributed by atoms with van der Waals surface area (Å²) in [5, 5.41) is 14.2. The highest BCUT2D eigenvalue weighted by atomic mass is 79.9. The molecular formula is C14H14BrClN2O2S. The third-order valence-corrected chi connectivity index (χ3v) is 5.18. The lowest BCUT2D eigenvalue weighted by molar-refractivity contribution is 0.0695. The molecule has 2 rings (SSSR count). The van der Waals surface area contributed by atoms with Crippen LogP contribution >= 0.6 is 39.3 Å². The molecule has 0 unspecified atom stereocenters. The molecule has 2 aromatic rings. The second-order valence-electron chi connectivity index (χ2n) is 4.40. The van der Waals surface area contributed by atoms with E-state index in [1.54, 1.807) is 23.9 Å².